The molecule has 0 radical (unpaired) electrons. The number of hydrogen-bond donors (Lipinski definition) is 2. The molecule has 2 aliphatic carbocycles. The smallest absolute Gasteiger partial charge is 0.0771 e. The molecule has 2 N–H and O–H groups in total. The van der Waals surface area contributed by atoms with Crippen LogP contribution in [0, 0.1) is 11.8 Å². The molecule has 106 valence electrons. The summed E-state index contributed by atoms with van der Waals surface area (Å²) in [5.41, 5.74) is -0.406. The van der Waals surface area contributed by atoms with Crippen LogP contribution in [-0.4, -0.2) is 23.8 Å². The number of nitrogens with one attached hydrogen (secondary N) is 1. The lowest BCUT2D eigenvalue weighted by molar-refractivity contribution is -0.00669. The van der Waals surface area contributed by atoms with Gasteiger partial charge < -0.3 is 10.4 Å². The third-order valence-electron chi connectivity index (χ3n) is 5.07. The van der Waals surface area contributed by atoms with E-state index in [1.54, 1.807) is 0 Å². The fourth-order valence-corrected chi connectivity index (χ4v) is 3.55. The first-order valence-corrected chi connectivity index (χ1v) is 8.11. The molecular weight excluding hydrogens is 222 g/mol. The minimum absolute atomic E-state index is 0.406. The van der Waals surface area contributed by atoms with Gasteiger partial charge in [0, 0.05) is 6.54 Å². The summed E-state index contributed by atoms with van der Waals surface area (Å²) < 4.78 is 0. The first kappa shape index (κ1) is 14.3. The molecule has 0 saturated heterocycles. The van der Waals surface area contributed by atoms with Gasteiger partial charge in [-0.15, -0.1) is 0 Å². The van der Waals surface area contributed by atoms with E-state index in [0.29, 0.717) is 0 Å². The maximum Gasteiger partial charge on any atom is 0.0771 e. The van der Waals surface area contributed by atoms with Crippen molar-refractivity contribution in [2.24, 2.45) is 11.8 Å². The summed E-state index contributed by atoms with van der Waals surface area (Å²) in [6.45, 7) is 4.24. The van der Waals surface area contributed by atoms with Gasteiger partial charge in [0.15, 0.2) is 0 Å². The molecule has 2 fully saturated rings. The van der Waals surface area contributed by atoms with Crippen LogP contribution < -0.4 is 5.32 Å². The van der Waals surface area contributed by atoms with Crippen molar-refractivity contribution in [3.05, 3.63) is 0 Å². The van der Waals surface area contributed by atoms with Crippen molar-refractivity contribution in [2.75, 3.05) is 13.1 Å². The predicted octanol–water partition coefficient (Wildman–Crippen LogP) is 3.49. The molecule has 0 aromatic heterocycles. The lowest BCUT2D eigenvalue weighted by atomic mass is 9.79. The Hall–Kier alpha value is -0.0800. The minimum atomic E-state index is -0.406. The highest BCUT2D eigenvalue weighted by Gasteiger charge is 2.31. The second kappa shape index (κ2) is 6.91. The fourth-order valence-electron chi connectivity index (χ4n) is 3.55. The van der Waals surface area contributed by atoms with E-state index in [1.165, 1.54) is 51.4 Å². The van der Waals surface area contributed by atoms with Gasteiger partial charge in [0.2, 0.25) is 0 Å². The Balaban J connectivity index is 1.64. The fraction of sp³-hybridized carbons (Fsp3) is 1.00. The quantitative estimate of drug-likeness (QED) is 0.752. The van der Waals surface area contributed by atoms with Crippen molar-refractivity contribution in [3.63, 3.8) is 0 Å². The third kappa shape index (κ3) is 4.55. The summed E-state index contributed by atoms with van der Waals surface area (Å²) in [5, 5.41) is 14.1. The molecule has 2 saturated carbocycles. The summed E-state index contributed by atoms with van der Waals surface area (Å²) >= 11 is 0. The standard InChI is InChI=1S/C16H31NO/c1-14-8-10-16(18,11-9-14)13-17-12-15-6-4-2-3-5-7-15/h14-15,17-18H,2-13H2,1H3. The molecular formula is C16H31NO. The van der Waals surface area contributed by atoms with E-state index >= 15 is 0 Å². The number of hydrogen-bond acceptors (Lipinski definition) is 2. The van der Waals surface area contributed by atoms with Crippen LogP contribution >= 0.6 is 0 Å². The predicted molar refractivity (Wildman–Crippen MR) is 76.6 cm³/mol. The lowest BCUT2D eigenvalue weighted by Crippen LogP contribution is -2.44. The van der Waals surface area contributed by atoms with Gasteiger partial charge in [-0.2, -0.15) is 0 Å². The zero-order valence-electron chi connectivity index (χ0n) is 12.1. The molecule has 2 aliphatic rings. The largest absolute Gasteiger partial charge is 0.389 e. The Labute approximate surface area is 113 Å². The molecule has 0 aliphatic heterocycles. The summed E-state index contributed by atoms with van der Waals surface area (Å²) in [6.07, 6.45) is 12.8. The summed E-state index contributed by atoms with van der Waals surface area (Å²) in [7, 11) is 0. The highest BCUT2D eigenvalue weighted by atomic mass is 16.3. The lowest BCUT2D eigenvalue weighted by Gasteiger charge is -2.35. The van der Waals surface area contributed by atoms with Crippen LogP contribution in [0.3, 0.4) is 0 Å². The van der Waals surface area contributed by atoms with Crippen LogP contribution in [0.2, 0.25) is 0 Å². The normalized spacial score (nSPS) is 35.3. The molecule has 0 spiro atoms. The maximum absolute atomic E-state index is 10.5. The molecule has 0 atom stereocenters. The number of rotatable bonds is 4. The van der Waals surface area contributed by atoms with E-state index in [0.717, 1.165) is 37.8 Å². The van der Waals surface area contributed by atoms with Crippen LogP contribution in [0.5, 0.6) is 0 Å². The summed E-state index contributed by atoms with van der Waals surface area (Å²) in [4.78, 5) is 0. The maximum atomic E-state index is 10.5. The van der Waals surface area contributed by atoms with E-state index < -0.39 is 5.60 Å². The van der Waals surface area contributed by atoms with E-state index in [2.05, 4.69) is 12.2 Å². The van der Waals surface area contributed by atoms with Gasteiger partial charge in [0.05, 0.1) is 5.60 Å². The van der Waals surface area contributed by atoms with Crippen LogP contribution in [0.15, 0.2) is 0 Å². The van der Waals surface area contributed by atoms with Gasteiger partial charge in [-0.05, 0) is 56.9 Å². The zero-order valence-corrected chi connectivity index (χ0v) is 12.1. The first-order valence-electron chi connectivity index (χ1n) is 8.11. The van der Waals surface area contributed by atoms with E-state index in [1.807, 2.05) is 0 Å². The Morgan fingerprint density at radius 1 is 1.00 bits per heavy atom. The second-order valence-corrected chi connectivity index (χ2v) is 6.90. The Morgan fingerprint density at radius 2 is 1.61 bits per heavy atom. The van der Waals surface area contributed by atoms with Crippen LogP contribution in [0.25, 0.3) is 0 Å². The van der Waals surface area contributed by atoms with Gasteiger partial charge in [-0.3, -0.25) is 0 Å². The second-order valence-electron chi connectivity index (χ2n) is 6.90. The molecule has 2 rings (SSSR count). The van der Waals surface area contributed by atoms with Gasteiger partial charge in [0.1, 0.15) is 0 Å². The third-order valence-corrected chi connectivity index (χ3v) is 5.07. The Morgan fingerprint density at radius 3 is 2.22 bits per heavy atom. The van der Waals surface area contributed by atoms with E-state index in [9.17, 15) is 5.11 Å². The number of aliphatic hydroxyl groups is 1. The average molecular weight is 253 g/mol. The molecule has 2 nitrogen and oxygen atoms in total. The van der Waals surface area contributed by atoms with Gasteiger partial charge in [-0.1, -0.05) is 32.6 Å². The van der Waals surface area contributed by atoms with Crippen molar-refractivity contribution in [1.82, 2.24) is 5.32 Å². The van der Waals surface area contributed by atoms with Crippen molar-refractivity contribution in [3.8, 4) is 0 Å². The van der Waals surface area contributed by atoms with Gasteiger partial charge >= 0.3 is 0 Å². The van der Waals surface area contributed by atoms with Crippen LogP contribution in [-0.2, 0) is 0 Å². The highest BCUT2D eigenvalue weighted by Crippen LogP contribution is 2.31. The van der Waals surface area contributed by atoms with E-state index in [-0.39, 0.29) is 0 Å². The van der Waals surface area contributed by atoms with E-state index in [4.69, 9.17) is 0 Å². The molecule has 0 aromatic rings. The summed E-state index contributed by atoms with van der Waals surface area (Å²) in [6, 6.07) is 0. The average Bonchev–Trinajstić information content (AvgIpc) is 2.62. The molecule has 0 bridgehead atoms. The minimum Gasteiger partial charge on any atom is -0.389 e. The van der Waals surface area contributed by atoms with Crippen LogP contribution in [0.1, 0.15) is 71.1 Å². The van der Waals surface area contributed by atoms with Crippen molar-refractivity contribution in [2.45, 2.75) is 76.7 Å². The highest BCUT2D eigenvalue weighted by molar-refractivity contribution is 4.86. The summed E-state index contributed by atoms with van der Waals surface area (Å²) in [5.74, 6) is 1.67. The topological polar surface area (TPSA) is 32.3 Å². The molecule has 0 heterocycles. The van der Waals surface area contributed by atoms with Crippen LogP contribution in [0.4, 0.5) is 0 Å². The van der Waals surface area contributed by atoms with Crippen molar-refractivity contribution < 1.29 is 5.11 Å². The molecule has 18 heavy (non-hydrogen) atoms. The Bertz CT molecular complexity index is 225. The van der Waals surface area contributed by atoms with Gasteiger partial charge in [0.25, 0.3) is 0 Å². The molecule has 0 unspecified atom stereocenters. The SMILES string of the molecule is CC1CCC(O)(CNCC2CCCCCC2)CC1. The Kier molecular flexibility index (Phi) is 5.50. The first-order chi connectivity index (χ1) is 8.68. The molecule has 0 aromatic carbocycles. The van der Waals surface area contributed by atoms with Crippen molar-refractivity contribution in [1.29, 1.82) is 0 Å². The molecule has 2 heteroatoms. The molecule has 0 amide bonds. The monoisotopic (exact) mass is 253 g/mol. The van der Waals surface area contributed by atoms with Gasteiger partial charge in [-0.25, -0.2) is 0 Å². The zero-order chi connectivity index (χ0) is 12.8. The van der Waals surface area contributed by atoms with Crippen molar-refractivity contribution >= 4 is 0 Å².